The van der Waals surface area contributed by atoms with Crippen LogP contribution in [0.2, 0.25) is 0 Å². The largest absolute Gasteiger partial charge is 0.341 e. The van der Waals surface area contributed by atoms with Crippen LogP contribution in [0.4, 0.5) is 0 Å². The molecule has 1 fully saturated rings. The molecule has 1 amide bonds. The van der Waals surface area contributed by atoms with Gasteiger partial charge in [0.25, 0.3) is 0 Å². The number of amides is 1. The van der Waals surface area contributed by atoms with Crippen LogP contribution in [0.3, 0.4) is 0 Å². The highest BCUT2D eigenvalue weighted by Gasteiger charge is 2.26. The summed E-state index contributed by atoms with van der Waals surface area (Å²) in [5, 5.41) is 8.53. The van der Waals surface area contributed by atoms with E-state index in [-0.39, 0.29) is 16.8 Å². The van der Waals surface area contributed by atoms with E-state index in [0.29, 0.717) is 13.0 Å². The topological polar surface area (TPSA) is 92.5 Å². The molecule has 0 saturated carbocycles. The number of nitrogens with two attached hydrogens (primary N) is 1. The smallest absolute Gasteiger partial charge is 0.244 e. The number of hydrogen-bond acceptors (Lipinski definition) is 4. The maximum absolute atomic E-state index is 13.1. The van der Waals surface area contributed by atoms with E-state index >= 15 is 0 Å². The van der Waals surface area contributed by atoms with E-state index in [2.05, 4.69) is 5.32 Å². The molecule has 150 valence electrons. The van der Waals surface area contributed by atoms with Crippen LogP contribution in [0.15, 0.2) is 59.5 Å². The number of hydrogen-bond donors (Lipinski definition) is 2. The third kappa shape index (κ3) is 5.41. The van der Waals surface area contributed by atoms with Gasteiger partial charge in [-0.05, 0) is 48.9 Å². The number of rotatable bonds is 7. The van der Waals surface area contributed by atoms with Crippen molar-refractivity contribution in [2.45, 2.75) is 36.6 Å². The van der Waals surface area contributed by atoms with Crippen molar-refractivity contribution in [2.75, 3.05) is 19.6 Å². The van der Waals surface area contributed by atoms with Gasteiger partial charge in [-0.1, -0.05) is 42.5 Å². The van der Waals surface area contributed by atoms with Crippen LogP contribution in [-0.2, 0) is 21.2 Å². The van der Waals surface area contributed by atoms with Crippen LogP contribution >= 0.6 is 0 Å². The van der Waals surface area contributed by atoms with Gasteiger partial charge >= 0.3 is 0 Å². The molecule has 6 nitrogen and oxygen atoms in total. The first kappa shape index (κ1) is 20.5. The van der Waals surface area contributed by atoms with Crippen molar-refractivity contribution in [3.8, 4) is 0 Å². The third-order valence-electron chi connectivity index (χ3n) is 5.06. The summed E-state index contributed by atoms with van der Waals surface area (Å²) >= 11 is 0. The Balaban J connectivity index is 1.65. The zero-order valence-electron chi connectivity index (χ0n) is 15.9. The lowest BCUT2D eigenvalue weighted by molar-refractivity contribution is -0.134. The van der Waals surface area contributed by atoms with E-state index in [1.165, 1.54) is 18.6 Å². The van der Waals surface area contributed by atoms with Crippen LogP contribution in [0.5, 0.6) is 0 Å². The molecule has 1 heterocycles. The van der Waals surface area contributed by atoms with Crippen molar-refractivity contribution >= 4 is 15.9 Å². The van der Waals surface area contributed by atoms with E-state index < -0.39 is 10.0 Å². The Morgan fingerprint density at radius 1 is 1.00 bits per heavy atom. The van der Waals surface area contributed by atoms with Crippen LogP contribution < -0.4 is 10.5 Å². The van der Waals surface area contributed by atoms with E-state index in [9.17, 15) is 13.2 Å². The number of carbonyl (C=O) groups excluding carboxylic acids is 1. The number of piperidine rings is 1. The predicted molar refractivity (Wildman–Crippen MR) is 109 cm³/mol. The van der Waals surface area contributed by atoms with E-state index in [0.717, 1.165) is 37.1 Å². The SMILES string of the molecule is NS(=O)(=O)c1ccc(CCNC(C(=O)N2CCCCC2)c2ccccc2)cc1. The molecule has 1 unspecified atom stereocenters. The summed E-state index contributed by atoms with van der Waals surface area (Å²) in [5.41, 5.74) is 1.94. The molecule has 0 aliphatic carbocycles. The molecular formula is C21H27N3O3S. The molecule has 7 heteroatoms. The molecule has 0 aromatic heterocycles. The van der Waals surface area contributed by atoms with Crippen molar-refractivity contribution in [3.63, 3.8) is 0 Å². The van der Waals surface area contributed by atoms with E-state index in [1.807, 2.05) is 35.2 Å². The summed E-state index contributed by atoms with van der Waals surface area (Å²) < 4.78 is 22.7. The zero-order valence-corrected chi connectivity index (χ0v) is 16.7. The Kier molecular flexibility index (Phi) is 6.83. The molecule has 2 aromatic carbocycles. The third-order valence-corrected chi connectivity index (χ3v) is 5.99. The maximum atomic E-state index is 13.1. The van der Waals surface area contributed by atoms with Crippen LogP contribution in [0.25, 0.3) is 0 Å². The Labute approximate surface area is 166 Å². The average molecular weight is 402 g/mol. The molecule has 0 bridgehead atoms. The summed E-state index contributed by atoms with van der Waals surface area (Å²) in [6.07, 6.45) is 3.98. The molecule has 1 aliphatic heterocycles. The number of likely N-dealkylation sites (tertiary alicyclic amines) is 1. The first-order valence-corrected chi connectivity index (χ1v) is 11.2. The minimum atomic E-state index is -3.68. The van der Waals surface area contributed by atoms with E-state index in [4.69, 9.17) is 5.14 Å². The van der Waals surface area contributed by atoms with Gasteiger partial charge < -0.3 is 10.2 Å². The maximum Gasteiger partial charge on any atom is 0.244 e. The van der Waals surface area contributed by atoms with Crippen LogP contribution in [0.1, 0.15) is 36.4 Å². The Hall–Kier alpha value is -2.22. The number of primary sulfonamides is 1. The predicted octanol–water partition coefficient (Wildman–Crippen LogP) is 2.22. The molecule has 28 heavy (non-hydrogen) atoms. The zero-order chi connectivity index (χ0) is 20.0. The Morgan fingerprint density at radius 3 is 2.25 bits per heavy atom. The monoisotopic (exact) mass is 401 g/mol. The molecule has 3 N–H and O–H groups in total. The van der Waals surface area contributed by atoms with Gasteiger partial charge in [0.15, 0.2) is 0 Å². The lowest BCUT2D eigenvalue weighted by Crippen LogP contribution is -2.43. The van der Waals surface area contributed by atoms with Crippen molar-refractivity contribution in [2.24, 2.45) is 5.14 Å². The van der Waals surface area contributed by atoms with Gasteiger partial charge in [0.1, 0.15) is 6.04 Å². The summed E-state index contributed by atoms with van der Waals surface area (Å²) in [5.74, 6) is 0.121. The molecule has 0 spiro atoms. The second-order valence-electron chi connectivity index (χ2n) is 7.12. The average Bonchev–Trinajstić information content (AvgIpc) is 2.72. The minimum absolute atomic E-state index is 0.103. The highest BCUT2D eigenvalue weighted by atomic mass is 32.2. The first-order chi connectivity index (χ1) is 13.4. The fraction of sp³-hybridized carbons (Fsp3) is 0.381. The number of nitrogens with one attached hydrogen (secondary N) is 1. The number of sulfonamides is 1. The molecule has 1 saturated heterocycles. The normalized spacial score (nSPS) is 16.0. The molecule has 1 aliphatic rings. The Morgan fingerprint density at radius 2 is 1.64 bits per heavy atom. The summed E-state index contributed by atoms with van der Waals surface area (Å²) in [7, 11) is -3.68. The molecule has 0 radical (unpaired) electrons. The lowest BCUT2D eigenvalue weighted by atomic mass is 10.0. The molecule has 2 aromatic rings. The first-order valence-electron chi connectivity index (χ1n) is 9.64. The second-order valence-corrected chi connectivity index (χ2v) is 8.68. The van der Waals surface area contributed by atoms with Crippen molar-refractivity contribution in [1.29, 1.82) is 0 Å². The second kappa shape index (κ2) is 9.32. The van der Waals surface area contributed by atoms with Crippen molar-refractivity contribution < 1.29 is 13.2 Å². The van der Waals surface area contributed by atoms with Gasteiger partial charge in [-0.2, -0.15) is 0 Å². The summed E-state index contributed by atoms with van der Waals surface area (Å²) in [6, 6.07) is 15.9. The van der Waals surface area contributed by atoms with Crippen molar-refractivity contribution in [3.05, 3.63) is 65.7 Å². The minimum Gasteiger partial charge on any atom is -0.341 e. The van der Waals surface area contributed by atoms with Crippen LogP contribution in [-0.4, -0.2) is 38.9 Å². The van der Waals surface area contributed by atoms with E-state index in [1.54, 1.807) is 12.1 Å². The Bertz CT molecular complexity index is 877. The summed E-state index contributed by atoms with van der Waals surface area (Å²) in [6.45, 7) is 2.24. The van der Waals surface area contributed by atoms with Gasteiger partial charge in [-0.25, -0.2) is 13.6 Å². The van der Waals surface area contributed by atoms with Crippen LogP contribution in [0, 0.1) is 0 Å². The molecule has 1 atom stereocenters. The number of nitrogens with zero attached hydrogens (tertiary/aromatic N) is 1. The highest BCUT2D eigenvalue weighted by molar-refractivity contribution is 7.89. The molecular weight excluding hydrogens is 374 g/mol. The lowest BCUT2D eigenvalue weighted by Gasteiger charge is -2.31. The quantitative estimate of drug-likeness (QED) is 0.744. The van der Waals surface area contributed by atoms with Gasteiger partial charge in [-0.15, -0.1) is 0 Å². The van der Waals surface area contributed by atoms with Gasteiger partial charge in [0.05, 0.1) is 4.90 Å². The molecule has 3 rings (SSSR count). The van der Waals surface area contributed by atoms with Gasteiger partial charge in [-0.3, -0.25) is 4.79 Å². The standard InChI is InChI=1S/C21H27N3O3S/c22-28(26,27)19-11-9-17(10-12-19)13-14-23-20(18-7-3-1-4-8-18)21(25)24-15-5-2-6-16-24/h1,3-4,7-12,20,23H,2,5-6,13-16H2,(H2,22,26,27). The van der Waals surface area contributed by atoms with Crippen molar-refractivity contribution in [1.82, 2.24) is 10.2 Å². The summed E-state index contributed by atoms with van der Waals surface area (Å²) in [4.78, 5) is 15.1. The van der Waals surface area contributed by atoms with Gasteiger partial charge in [0, 0.05) is 19.6 Å². The van der Waals surface area contributed by atoms with Gasteiger partial charge in [0.2, 0.25) is 15.9 Å². The fourth-order valence-corrected chi connectivity index (χ4v) is 4.01. The highest BCUT2D eigenvalue weighted by Crippen LogP contribution is 2.19. The number of benzene rings is 2. The fourth-order valence-electron chi connectivity index (χ4n) is 3.50. The number of carbonyl (C=O) groups is 1.